The summed E-state index contributed by atoms with van der Waals surface area (Å²) in [5.41, 5.74) is 7.57. The zero-order valence-electron chi connectivity index (χ0n) is 14.0. The third-order valence-electron chi connectivity index (χ3n) is 4.82. The molecule has 5 atom stereocenters. The highest BCUT2D eigenvalue weighted by atomic mass is 35.5. The molecular weight excluding hydrogens is 374 g/mol. The summed E-state index contributed by atoms with van der Waals surface area (Å²) in [4.78, 5) is 12.4. The minimum atomic E-state index is -0.673. The van der Waals surface area contributed by atoms with Crippen molar-refractivity contribution in [2.75, 3.05) is 12.3 Å². The smallest absolute Gasteiger partial charge is 0.207 e. The number of benzene rings is 1. The van der Waals surface area contributed by atoms with Crippen LogP contribution in [0.25, 0.3) is 11.2 Å². The molecule has 5 rings (SSSR count). The van der Waals surface area contributed by atoms with Crippen LogP contribution in [0.3, 0.4) is 0 Å². The second-order valence-electron chi connectivity index (χ2n) is 6.37. The van der Waals surface area contributed by atoms with Gasteiger partial charge < -0.3 is 25.1 Å². The number of ether oxygens (including phenoxy) is 3. The Balaban J connectivity index is 1.54. The summed E-state index contributed by atoms with van der Waals surface area (Å²) in [6, 6.07) is 9.58. The summed E-state index contributed by atoms with van der Waals surface area (Å²) in [5, 5.41) is 9.89. The average molecular weight is 390 g/mol. The van der Waals surface area contributed by atoms with Crippen molar-refractivity contribution in [2.24, 2.45) is 0 Å². The molecule has 2 aromatic heterocycles. The number of nitrogens with zero attached hydrogens (tertiary/aromatic N) is 4. The van der Waals surface area contributed by atoms with Gasteiger partial charge in [-0.3, -0.25) is 4.57 Å². The van der Waals surface area contributed by atoms with Crippen molar-refractivity contribution in [1.29, 1.82) is 0 Å². The number of imidazole rings is 1. The van der Waals surface area contributed by atoms with E-state index in [1.54, 1.807) is 4.57 Å². The van der Waals surface area contributed by atoms with E-state index in [9.17, 15) is 5.11 Å². The van der Waals surface area contributed by atoms with Gasteiger partial charge in [-0.15, -0.1) is 0 Å². The number of aliphatic hydroxyl groups is 1. The van der Waals surface area contributed by atoms with Crippen molar-refractivity contribution in [3.05, 3.63) is 47.5 Å². The van der Waals surface area contributed by atoms with Crippen LogP contribution in [0.4, 0.5) is 5.82 Å². The van der Waals surface area contributed by atoms with Gasteiger partial charge >= 0.3 is 0 Å². The maximum atomic E-state index is 9.75. The van der Waals surface area contributed by atoms with Gasteiger partial charge in [0, 0.05) is 5.56 Å². The van der Waals surface area contributed by atoms with E-state index in [4.69, 9.17) is 31.5 Å². The normalized spacial score (nSPS) is 30.1. The quantitative estimate of drug-likeness (QED) is 0.646. The second kappa shape index (κ2) is 6.39. The Morgan fingerprint density at radius 3 is 2.67 bits per heavy atom. The molecule has 2 fully saturated rings. The number of fused-ring (bicyclic) bond motifs is 2. The lowest BCUT2D eigenvalue weighted by Crippen LogP contribution is -2.30. The lowest BCUT2D eigenvalue weighted by Gasteiger charge is -2.21. The molecule has 0 spiro atoms. The predicted octanol–water partition coefficient (Wildman–Crippen LogP) is 1.43. The summed E-state index contributed by atoms with van der Waals surface area (Å²) in [5.74, 6) is 0.222. The second-order valence-corrected chi connectivity index (χ2v) is 6.71. The van der Waals surface area contributed by atoms with Crippen molar-refractivity contribution in [2.45, 2.75) is 30.8 Å². The van der Waals surface area contributed by atoms with Crippen molar-refractivity contribution in [1.82, 2.24) is 19.5 Å². The number of aromatic nitrogens is 4. The molecule has 1 unspecified atom stereocenters. The lowest BCUT2D eigenvalue weighted by molar-refractivity contribution is -0.153. The van der Waals surface area contributed by atoms with Gasteiger partial charge in [0.05, 0.1) is 6.61 Å². The average Bonchev–Trinajstić information content (AvgIpc) is 3.34. The zero-order chi connectivity index (χ0) is 18.5. The van der Waals surface area contributed by atoms with E-state index in [0.717, 1.165) is 5.56 Å². The number of anilines is 1. The van der Waals surface area contributed by atoms with Crippen LogP contribution in [0.1, 0.15) is 18.1 Å². The van der Waals surface area contributed by atoms with Crippen molar-refractivity contribution in [3.63, 3.8) is 0 Å². The van der Waals surface area contributed by atoms with E-state index < -0.39 is 30.8 Å². The first kappa shape index (κ1) is 16.8. The maximum absolute atomic E-state index is 9.75. The SMILES string of the molecule is Nc1ncnc2c1nc(Cl)n2[C@@H]1O[C@H](CO)[C@H]2OC(c3ccccc3)O[C@H]21. The summed E-state index contributed by atoms with van der Waals surface area (Å²) in [7, 11) is 0. The van der Waals surface area contributed by atoms with Gasteiger partial charge in [0.2, 0.25) is 5.28 Å². The molecule has 3 aromatic rings. The van der Waals surface area contributed by atoms with Crippen LogP contribution < -0.4 is 5.73 Å². The Morgan fingerprint density at radius 1 is 1.11 bits per heavy atom. The Labute approximate surface area is 158 Å². The molecule has 0 aliphatic carbocycles. The molecule has 2 aliphatic heterocycles. The maximum Gasteiger partial charge on any atom is 0.207 e. The number of halogens is 1. The van der Waals surface area contributed by atoms with Crippen molar-refractivity contribution in [3.8, 4) is 0 Å². The molecule has 10 heteroatoms. The molecule has 0 saturated carbocycles. The summed E-state index contributed by atoms with van der Waals surface area (Å²) in [6.07, 6.45) is -1.43. The number of rotatable bonds is 3. The Bertz CT molecular complexity index is 984. The van der Waals surface area contributed by atoms with Crippen LogP contribution in [-0.4, -0.2) is 49.5 Å². The van der Waals surface area contributed by atoms with E-state index >= 15 is 0 Å². The fourth-order valence-electron chi connectivity index (χ4n) is 3.58. The largest absolute Gasteiger partial charge is 0.394 e. The van der Waals surface area contributed by atoms with E-state index in [0.29, 0.717) is 11.2 Å². The minimum Gasteiger partial charge on any atom is -0.394 e. The Hall–Kier alpha value is -2.30. The Morgan fingerprint density at radius 2 is 1.89 bits per heavy atom. The van der Waals surface area contributed by atoms with E-state index in [1.165, 1.54) is 6.33 Å². The number of hydrogen-bond acceptors (Lipinski definition) is 8. The van der Waals surface area contributed by atoms with Gasteiger partial charge in [-0.05, 0) is 11.6 Å². The molecule has 0 bridgehead atoms. The topological polar surface area (TPSA) is 118 Å². The highest BCUT2D eigenvalue weighted by Gasteiger charge is 2.54. The zero-order valence-corrected chi connectivity index (χ0v) is 14.7. The molecule has 9 nitrogen and oxygen atoms in total. The van der Waals surface area contributed by atoms with E-state index in [-0.39, 0.29) is 17.7 Å². The highest BCUT2D eigenvalue weighted by molar-refractivity contribution is 6.29. The van der Waals surface area contributed by atoms with Crippen LogP contribution in [0.15, 0.2) is 36.7 Å². The molecule has 0 amide bonds. The standard InChI is InChI=1S/C17H16ClN5O4/c18-17-22-10-13(19)20-7-21-14(10)23(17)15-12-11(9(6-24)25-15)26-16(27-12)8-4-2-1-3-5-8/h1-5,7,9,11-12,15-16,24H,6H2,(H2,19,20,21)/t9-,11-,12-,15-,16?/m1/s1. The molecule has 140 valence electrons. The summed E-state index contributed by atoms with van der Waals surface area (Å²) >= 11 is 6.34. The first-order valence-electron chi connectivity index (χ1n) is 8.43. The van der Waals surface area contributed by atoms with E-state index in [2.05, 4.69) is 15.0 Å². The molecule has 2 saturated heterocycles. The first-order valence-corrected chi connectivity index (χ1v) is 8.81. The van der Waals surface area contributed by atoms with Gasteiger partial charge in [0.1, 0.15) is 24.6 Å². The van der Waals surface area contributed by atoms with Crippen LogP contribution in [-0.2, 0) is 14.2 Å². The third-order valence-corrected chi connectivity index (χ3v) is 5.08. The molecule has 4 heterocycles. The van der Waals surface area contributed by atoms with Gasteiger partial charge in [-0.25, -0.2) is 15.0 Å². The van der Waals surface area contributed by atoms with Crippen LogP contribution in [0.2, 0.25) is 5.28 Å². The number of hydrogen-bond donors (Lipinski definition) is 2. The molecule has 2 aliphatic rings. The van der Waals surface area contributed by atoms with Crippen molar-refractivity contribution >= 4 is 28.6 Å². The van der Waals surface area contributed by atoms with Crippen LogP contribution >= 0.6 is 11.6 Å². The summed E-state index contributed by atoms with van der Waals surface area (Å²) < 4.78 is 19.7. The Kier molecular flexibility index (Phi) is 3.99. The van der Waals surface area contributed by atoms with Crippen LogP contribution in [0.5, 0.6) is 0 Å². The molecule has 27 heavy (non-hydrogen) atoms. The minimum absolute atomic E-state index is 0.145. The fraction of sp³-hybridized carbons (Fsp3) is 0.353. The van der Waals surface area contributed by atoms with Crippen molar-refractivity contribution < 1.29 is 19.3 Å². The number of nitrogens with two attached hydrogens (primary N) is 1. The van der Waals surface area contributed by atoms with Crippen LogP contribution in [0, 0.1) is 0 Å². The van der Waals surface area contributed by atoms with Gasteiger partial charge in [0.15, 0.2) is 29.5 Å². The molecule has 3 N–H and O–H groups in total. The monoisotopic (exact) mass is 389 g/mol. The molecule has 1 aromatic carbocycles. The van der Waals surface area contributed by atoms with Gasteiger partial charge in [0.25, 0.3) is 0 Å². The number of aliphatic hydroxyl groups excluding tert-OH is 1. The number of nitrogen functional groups attached to an aromatic ring is 1. The highest BCUT2D eigenvalue weighted by Crippen LogP contribution is 2.45. The lowest BCUT2D eigenvalue weighted by atomic mass is 10.1. The van der Waals surface area contributed by atoms with Gasteiger partial charge in [-0.2, -0.15) is 0 Å². The molecule has 0 radical (unpaired) electrons. The summed E-state index contributed by atoms with van der Waals surface area (Å²) in [6.45, 7) is -0.218. The first-order chi connectivity index (χ1) is 13.2. The predicted molar refractivity (Wildman–Crippen MR) is 94.7 cm³/mol. The molecular formula is C17H16ClN5O4. The van der Waals surface area contributed by atoms with E-state index in [1.807, 2.05) is 30.3 Å². The van der Waals surface area contributed by atoms with Gasteiger partial charge in [-0.1, -0.05) is 30.3 Å². The fourth-order valence-corrected chi connectivity index (χ4v) is 3.84. The third kappa shape index (κ3) is 2.59.